The molecule has 0 heterocycles. The Balaban J connectivity index is 2.89. The maximum Gasteiger partial charge on any atom is 0.416 e. The van der Waals surface area contributed by atoms with Gasteiger partial charge in [0, 0.05) is 5.69 Å². The van der Waals surface area contributed by atoms with Crippen molar-refractivity contribution in [3.8, 4) is 0 Å². The summed E-state index contributed by atoms with van der Waals surface area (Å²) >= 11 is 5.12. The number of anilines is 1. The number of benzene rings is 1. The molecule has 0 aliphatic rings. The molecule has 0 atom stereocenters. The fraction of sp³-hybridized carbons (Fsp3) is 0.250. The summed E-state index contributed by atoms with van der Waals surface area (Å²) in [5.74, 6) is 0. The van der Waals surface area contributed by atoms with Crippen molar-refractivity contribution in [1.82, 2.24) is 0 Å². The molecule has 0 amide bonds. The Morgan fingerprint density at radius 1 is 1.19 bits per heavy atom. The maximum atomic E-state index is 12.2. The first-order valence-electron chi connectivity index (χ1n) is 3.98. The zero-order valence-electron chi connectivity index (χ0n) is 7.75. The van der Waals surface area contributed by atoms with Crippen molar-refractivity contribution >= 4 is 27.3 Å². The Labute approximate surface area is 95.3 Å². The van der Waals surface area contributed by atoms with Crippen LogP contribution in [0.4, 0.5) is 18.9 Å². The van der Waals surface area contributed by atoms with Gasteiger partial charge in [-0.1, -0.05) is 0 Å². The van der Waals surface area contributed by atoms with Gasteiger partial charge in [-0.2, -0.15) is 13.2 Å². The van der Waals surface area contributed by atoms with Gasteiger partial charge in [0.2, 0.25) is 10.0 Å². The number of hydrogen-bond acceptors (Lipinski definition) is 2. The fourth-order valence-electron chi connectivity index (χ4n) is 0.934. The van der Waals surface area contributed by atoms with Gasteiger partial charge in [-0.3, -0.25) is 4.72 Å². The number of nitrogens with one attached hydrogen (secondary N) is 1. The van der Waals surface area contributed by atoms with E-state index in [4.69, 9.17) is 11.6 Å². The summed E-state index contributed by atoms with van der Waals surface area (Å²) in [4.78, 5) is 0. The maximum absolute atomic E-state index is 12.2. The molecule has 3 nitrogen and oxygen atoms in total. The van der Waals surface area contributed by atoms with Crippen LogP contribution in [0.15, 0.2) is 24.3 Å². The van der Waals surface area contributed by atoms with Gasteiger partial charge in [-0.05, 0) is 24.3 Å². The first-order chi connectivity index (χ1) is 7.24. The van der Waals surface area contributed by atoms with Crippen LogP contribution in [-0.2, 0) is 16.2 Å². The van der Waals surface area contributed by atoms with Crippen molar-refractivity contribution in [2.75, 3.05) is 9.93 Å². The van der Waals surface area contributed by atoms with Crippen molar-refractivity contribution in [2.45, 2.75) is 6.18 Å². The number of halogens is 4. The third kappa shape index (κ3) is 3.57. The number of sulfonamides is 1. The Morgan fingerprint density at radius 3 is 2.06 bits per heavy atom. The lowest BCUT2D eigenvalue weighted by molar-refractivity contribution is -0.137. The molecule has 0 aromatic heterocycles. The molecule has 0 fully saturated rings. The van der Waals surface area contributed by atoms with Gasteiger partial charge in [-0.15, -0.1) is 11.6 Å². The quantitative estimate of drug-likeness (QED) is 0.861. The second kappa shape index (κ2) is 4.50. The van der Waals surface area contributed by atoms with E-state index < -0.39 is 27.0 Å². The topological polar surface area (TPSA) is 46.2 Å². The molecule has 1 aromatic rings. The SMILES string of the molecule is O=S(=O)(CCl)Nc1ccc(C(F)(F)F)cc1. The largest absolute Gasteiger partial charge is 0.416 e. The molecular weight excluding hydrogens is 267 g/mol. The molecule has 0 saturated heterocycles. The van der Waals surface area contributed by atoms with Crippen LogP contribution in [0.25, 0.3) is 0 Å². The summed E-state index contributed by atoms with van der Waals surface area (Å²) in [6.07, 6.45) is -4.44. The molecule has 0 unspecified atom stereocenters. The minimum Gasteiger partial charge on any atom is -0.283 e. The Kier molecular flexibility index (Phi) is 3.69. The molecule has 0 radical (unpaired) electrons. The molecule has 0 aliphatic carbocycles. The highest BCUT2D eigenvalue weighted by Gasteiger charge is 2.30. The average molecular weight is 274 g/mol. The van der Waals surface area contributed by atoms with E-state index in [1.807, 2.05) is 4.72 Å². The van der Waals surface area contributed by atoms with Crippen molar-refractivity contribution < 1.29 is 21.6 Å². The summed E-state index contributed by atoms with van der Waals surface area (Å²) in [5, 5.41) is -0.659. The van der Waals surface area contributed by atoms with E-state index in [1.54, 1.807) is 0 Å². The van der Waals surface area contributed by atoms with Crippen LogP contribution < -0.4 is 4.72 Å². The van der Waals surface area contributed by atoms with E-state index in [-0.39, 0.29) is 5.69 Å². The minimum atomic E-state index is -4.44. The summed E-state index contributed by atoms with van der Waals surface area (Å²) in [5.41, 5.74) is -0.810. The molecule has 0 aliphatic heterocycles. The molecule has 0 spiro atoms. The third-order valence-corrected chi connectivity index (χ3v) is 3.33. The van der Waals surface area contributed by atoms with E-state index in [0.29, 0.717) is 0 Å². The van der Waals surface area contributed by atoms with Crippen molar-refractivity contribution in [3.05, 3.63) is 29.8 Å². The second-order valence-corrected chi connectivity index (χ2v) is 5.21. The number of hydrogen-bond donors (Lipinski definition) is 1. The lowest BCUT2D eigenvalue weighted by Crippen LogP contribution is -2.13. The van der Waals surface area contributed by atoms with E-state index >= 15 is 0 Å². The highest BCUT2D eigenvalue weighted by atomic mass is 35.5. The number of alkyl halides is 4. The van der Waals surface area contributed by atoms with E-state index in [9.17, 15) is 21.6 Å². The second-order valence-electron chi connectivity index (χ2n) is 2.90. The Bertz CT molecular complexity index is 455. The smallest absolute Gasteiger partial charge is 0.283 e. The van der Waals surface area contributed by atoms with Crippen LogP contribution in [0, 0.1) is 0 Å². The van der Waals surface area contributed by atoms with Gasteiger partial charge in [-0.25, -0.2) is 8.42 Å². The highest BCUT2D eigenvalue weighted by molar-refractivity contribution is 7.93. The molecule has 0 saturated carbocycles. The van der Waals surface area contributed by atoms with Gasteiger partial charge < -0.3 is 0 Å². The average Bonchev–Trinajstić information content (AvgIpc) is 2.16. The van der Waals surface area contributed by atoms with Crippen molar-refractivity contribution in [3.63, 3.8) is 0 Å². The van der Waals surface area contributed by atoms with Crippen molar-refractivity contribution in [2.24, 2.45) is 0 Å². The Hall–Kier alpha value is -0.950. The molecular formula is C8H7ClF3NO2S. The predicted octanol–water partition coefficient (Wildman–Crippen LogP) is 2.64. The van der Waals surface area contributed by atoms with Crippen LogP contribution in [0.3, 0.4) is 0 Å². The highest BCUT2D eigenvalue weighted by Crippen LogP contribution is 2.29. The summed E-state index contributed by atoms with van der Waals surface area (Å²) in [6.45, 7) is 0. The summed E-state index contributed by atoms with van der Waals surface area (Å²) in [7, 11) is -3.69. The lowest BCUT2D eigenvalue weighted by Gasteiger charge is -2.08. The zero-order valence-corrected chi connectivity index (χ0v) is 9.33. The molecule has 1 aromatic carbocycles. The van der Waals surface area contributed by atoms with Crippen LogP contribution in [-0.4, -0.2) is 13.6 Å². The first kappa shape index (κ1) is 13.1. The van der Waals surface area contributed by atoms with Gasteiger partial charge in [0.05, 0.1) is 5.56 Å². The van der Waals surface area contributed by atoms with Crippen LogP contribution in [0.5, 0.6) is 0 Å². The molecule has 8 heteroatoms. The van der Waals surface area contributed by atoms with Gasteiger partial charge in [0.1, 0.15) is 5.21 Å². The van der Waals surface area contributed by atoms with E-state index in [2.05, 4.69) is 0 Å². The monoisotopic (exact) mass is 273 g/mol. The number of rotatable bonds is 3. The molecule has 1 N–H and O–H groups in total. The van der Waals surface area contributed by atoms with Crippen LogP contribution in [0.2, 0.25) is 0 Å². The molecule has 90 valence electrons. The van der Waals surface area contributed by atoms with Gasteiger partial charge in [0.25, 0.3) is 0 Å². The minimum absolute atomic E-state index is 0.0358. The first-order valence-corrected chi connectivity index (χ1v) is 6.17. The van der Waals surface area contributed by atoms with E-state index in [1.165, 1.54) is 0 Å². The van der Waals surface area contributed by atoms with E-state index in [0.717, 1.165) is 24.3 Å². The molecule has 16 heavy (non-hydrogen) atoms. The lowest BCUT2D eigenvalue weighted by atomic mass is 10.2. The Morgan fingerprint density at radius 2 is 1.69 bits per heavy atom. The standard InChI is InChI=1S/C8H7ClF3NO2S/c9-5-16(14,15)13-7-3-1-6(2-4-7)8(10,11)12/h1-4,13H,5H2. The zero-order chi connectivity index (χ0) is 12.4. The summed E-state index contributed by atoms with van der Waals surface area (Å²) < 4.78 is 60.5. The predicted molar refractivity (Wildman–Crippen MR) is 54.7 cm³/mol. The van der Waals surface area contributed by atoms with Crippen molar-refractivity contribution in [1.29, 1.82) is 0 Å². The summed E-state index contributed by atoms with van der Waals surface area (Å²) in [6, 6.07) is 3.61. The third-order valence-electron chi connectivity index (χ3n) is 1.63. The normalized spacial score (nSPS) is 12.5. The fourth-order valence-corrected chi connectivity index (χ4v) is 1.65. The van der Waals surface area contributed by atoms with Crippen LogP contribution >= 0.6 is 11.6 Å². The van der Waals surface area contributed by atoms with Crippen LogP contribution in [0.1, 0.15) is 5.56 Å². The van der Waals surface area contributed by atoms with Gasteiger partial charge >= 0.3 is 6.18 Å². The molecule has 0 bridgehead atoms. The van der Waals surface area contributed by atoms with Gasteiger partial charge in [0.15, 0.2) is 0 Å². The molecule has 1 rings (SSSR count).